The number of carbonyl (C=O) groups excluding carboxylic acids is 2. The predicted molar refractivity (Wildman–Crippen MR) is 133 cm³/mol. The number of carbonyl (C=O) groups is 2. The van der Waals surface area contributed by atoms with E-state index in [0.717, 1.165) is 11.4 Å². The number of hydrogen-bond donors (Lipinski definition) is 1. The van der Waals surface area contributed by atoms with E-state index in [1.807, 2.05) is 18.2 Å². The van der Waals surface area contributed by atoms with E-state index in [0.29, 0.717) is 53.4 Å². The summed E-state index contributed by atoms with van der Waals surface area (Å²) in [4.78, 5) is 27.5. The second kappa shape index (κ2) is 10.7. The third-order valence-electron chi connectivity index (χ3n) is 5.35. The van der Waals surface area contributed by atoms with Crippen molar-refractivity contribution in [3.05, 3.63) is 64.6 Å². The standard InChI is InChI=1S/C24H23Cl2N5O3/c1-16(32)27-18-3-5-19(6-4-18)34-15-24(33)31-12-10-30(11-13-31)23-9-8-22(28-29-23)20-7-2-17(25)14-21(20)26/h2-9,14H,10-13,15H2,1H3,(H,27,32). The Kier molecular flexibility index (Phi) is 7.49. The lowest BCUT2D eigenvalue weighted by Gasteiger charge is -2.35. The molecular weight excluding hydrogens is 477 g/mol. The Bertz CT molecular complexity index is 1160. The van der Waals surface area contributed by atoms with E-state index in [2.05, 4.69) is 20.4 Å². The summed E-state index contributed by atoms with van der Waals surface area (Å²) in [5, 5.41) is 12.4. The minimum Gasteiger partial charge on any atom is -0.484 e. The van der Waals surface area contributed by atoms with Gasteiger partial charge in [-0.15, -0.1) is 10.2 Å². The van der Waals surface area contributed by atoms with Gasteiger partial charge in [0.25, 0.3) is 5.91 Å². The summed E-state index contributed by atoms with van der Waals surface area (Å²) in [6.45, 7) is 3.82. The highest BCUT2D eigenvalue weighted by atomic mass is 35.5. The van der Waals surface area contributed by atoms with Crippen LogP contribution in [0.4, 0.5) is 11.5 Å². The van der Waals surface area contributed by atoms with Crippen molar-refractivity contribution in [2.75, 3.05) is 43.0 Å². The van der Waals surface area contributed by atoms with Gasteiger partial charge in [0.1, 0.15) is 5.75 Å². The van der Waals surface area contributed by atoms with E-state index < -0.39 is 0 Å². The molecule has 1 fully saturated rings. The first kappa shape index (κ1) is 23.8. The van der Waals surface area contributed by atoms with Crippen molar-refractivity contribution in [1.29, 1.82) is 0 Å². The Morgan fingerprint density at radius 1 is 0.971 bits per heavy atom. The zero-order valence-electron chi connectivity index (χ0n) is 18.5. The minimum atomic E-state index is -0.143. The zero-order valence-corrected chi connectivity index (χ0v) is 20.0. The van der Waals surface area contributed by atoms with Gasteiger partial charge in [0.2, 0.25) is 5.91 Å². The molecule has 3 aromatic rings. The Morgan fingerprint density at radius 3 is 2.32 bits per heavy atom. The van der Waals surface area contributed by atoms with E-state index >= 15 is 0 Å². The van der Waals surface area contributed by atoms with Gasteiger partial charge in [-0.25, -0.2) is 0 Å². The van der Waals surface area contributed by atoms with E-state index in [-0.39, 0.29) is 18.4 Å². The molecular formula is C24H23Cl2N5O3. The number of hydrogen-bond acceptors (Lipinski definition) is 6. The van der Waals surface area contributed by atoms with Gasteiger partial charge in [0.15, 0.2) is 12.4 Å². The van der Waals surface area contributed by atoms with Gasteiger partial charge in [-0.2, -0.15) is 0 Å². The smallest absolute Gasteiger partial charge is 0.260 e. The van der Waals surface area contributed by atoms with E-state index in [1.54, 1.807) is 41.3 Å². The second-order valence-electron chi connectivity index (χ2n) is 7.76. The average molecular weight is 500 g/mol. The molecule has 1 saturated heterocycles. The molecule has 1 aliphatic heterocycles. The number of nitrogens with one attached hydrogen (secondary N) is 1. The lowest BCUT2D eigenvalue weighted by atomic mass is 10.1. The molecule has 0 saturated carbocycles. The lowest BCUT2D eigenvalue weighted by Crippen LogP contribution is -2.50. The number of ether oxygens (including phenoxy) is 1. The number of nitrogens with zero attached hydrogens (tertiary/aromatic N) is 4. The van der Waals surface area contributed by atoms with Crippen LogP contribution < -0.4 is 15.0 Å². The summed E-state index contributed by atoms with van der Waals surface area (Å²) >= 11 is 12.2. The quantitative estimate of drug-likeness (QED) is 0.548. The van der Waals surface area contributed by atoms with Crippen molar-refractivity contribution in [1.82, 2.24) is 15.1 Å². The van der Waals surface area contributed by atoms with Crippen LogP contribution in [0, 0.1) is 0 Å². The predicted octanol–water partition coefficient (Wildman–Crippen LogP) is 4.14. The van der Waals surface area contributed by atoms with Crippen LogP contribution in [0.3, 0.4) is 0 Å². The first-order valence-corrected chi connectivity index (χ1v) is 11.5. The molecule has 0 spiro atoms. The van der Waals surface area contributed by atoms with Gasteiger partial charge < -0.3 is 19.9 Å². The summed E-state index contributed by atoms with van der Waals surface area (Å²) in [5.41, 5.74) is 2.11. The number of benzene rings is 2. The molecule has 0 bridgehead atoms. The first-order valence-electron chi connectivity index (χ1n) is 10.7. The van der Waals surface area contributed by atoms with Gasteiger partial charge in [-0.3, -0.25) is 9.59 Å². The summed E-state index contributed by atoms with van der Waals surface area (Å²) in [6, 6.07) is 15.9. The molecule has 176 valence electrons. The molecule has 0 atom stereocenters. The maximum atomic E-state index is 12.6. The highest BCUT2D eigenvalue weighted by Gasteiger charge is 2.22. The summed E-state index contributed by atoms with van der Waals surface area (Å²) in [5.74, 6) is 1.09. The van der Waals surface area contributed by atoms with Crippen LogP contribution >= 0.6 is 23.2 Å². The topological polar surface area (TPSA) is 87.7 Å². The second-order valence-corrected chi connectivity index (χ2v) is 8.61. The van der Waals surface area contributed by atoms with Crippen molar-refractivity contribution in [3.63, 3.8) is 0 Å². The Labute approximate surface area is 207 Å². The SMILES string of the molecule is CC(=O)Nc1ccc(OCC(=O)N2CCN(c3ccc(-c4ccc(Cl)cc4Cl)nn3)CC2)cc1. The van der Waals surface area contributed by atoms with Crippen molar-refractivity contribution < 1.29 is 14.3 Å². The molecule has 0 radical (unpaired) electrons. The zero-order chi connectivity index (χ0) is 24.1. The molecule has 8 nitrogen and oxygen atoms in total. The molecule has 2 aromatic carbocycles. The molecule has 0 unspecified atom stereocenters. The van der Waals surface area contributed by atoms with E-state index in [9.17, 15) is 9.59 Å². The number of halogens is 2. The maximum Gasteiger partial charge on any atom is 0.260 e. The number of rotatable bonds is 6. The van der Waals surface area contributed by atoms with Gasteiger partial charge in [-0.05, 0) is 54.6 Å². The fourth-order valence-corrected chi connectivity index (χ4v) is 4.10. The number of anilines is 2. The first-order chi connectivity index (χ1) is 16.4. The van der Waals surface area contributed by atoms with Crippen LogP contribution in [0.2, 0.25) is 10.0 Å². The number of aromatic nitrogens is 2. The normalized spacial score (nSPS) is 13.5. The van der Waals surface area contributed by atoms with Crippen LogP contribution in [0.1, 0.15) is 6.92 Å². The summed E-state index contributed by atoms with van der Waals surface area (Å²) in [7, 11) is 0. The van der Waals surface area contributed by atoms with Crippen LogP contribution in [-0.2, 0) is 9.59 Å². The van der Waals surface area contributed by atoms with Crippen molar-refractivity contribution in [3.8, 4) is 17.0 Å². The minimum absolute atomic E-state index is 0.0458. The molecule has 0 aliphatic carbocycles. The van der Waals surface area contributed by atoms with Crippen molar-refractivity contribution >= 4 is 46.5 Å². The van der Waals surface area contributed by atoms with Crippen LogP contribution in [0.5, 0.6) is 5.75 Å². The number of piperazine rings is 1. The highest BCUT2D eigenvalue weighted by Crippen LogP contribution is 2.29. The van der Waals surface area contributed by atoms with Crippen LogP contribution in [0.25, 0.3) is 11.3 Å². The monoisotopic (exact) mass is 499 g/mol. The van der Waals surface area contributed by atoms with Crippen molar-refractivity contribution in [2.45, 2.75) is 6.92 Å². The average Bonchev–Trinajstić information content (AvgIpc) is 2.83. The summed E-state index contributed by atoms with van der Waals surface area (Å²) < 4.78 is 5.61. The Balaban J connectivity index is 1.27. The van der Waals surface area contributed by atoms with Gasteiger partial charge >= 0.3 is 0 Å². The molecule has 1 N–H and O–H groups in total. The largest absolute Gasteiger partial charge is 0.484 e. The van der Waals surface area contributed by atoms with Gasteiger partial charge in [-0.1, -0.05) is 23.2 Å². The fraction of sp³-hybridized carbons (Fsp3) is 0.250. The molecule has 2 heterocycles. The lowest BCUT2D eigenvalue weighted by molar-refractivity contribution is -0.133. The van der Waals surface area contributed by atoms with E-state index in [1.165, 1.54) is 6.92 Å². The third kappa shape index (κ3) is 5.95. The van der Waals surface area contributed by atoms with Crippen LogP contribution in [-0.4, -0.2) is 59.7 Å². The van der Waals surface area contributed by atoms with E-state index in [4.69, 9.17) is 27.9 Å². The molecule has 10 heteroatoms. The van der Waals surface area contributed by atoms with Crippen molar-refractivity contribution in [2.24, 2.45) is 0 Å². The Morgan fingerprint density at radius 2 is 1.71 bits per heavy atom. The third-order valence-corrected chi connectivity index (χ3v) is 5.90. The summed E-state index contributed by atoms with van der Waals surface area (Å²) in [6.07, 6.45) is 0. The highest BCUT2D eigenvalue weighted by molar-refractivity contribution is 6.36. The number of amides is 2. The molecule has 4 rings (SSSR count). The molecule has 34 heavy (non-hydrogen) atoms. The Hall–Kier alpha value is -3.36. The van der Waals surface area contributed by atoms with Crippen LogP contribution in [0.15, 0.2) is 54.6 Å². The van der Waals surface area contributed by atoms with Gasteiger partial charge in [0.05, 0.1) is 10.7 Å². The van der Waals surface area contributed by atoms with Gasteiger partial charge in [0, 0.05) is 49.4 Å². The molecule has 1 aliphatic rings. The maximum absolute atomic E-state index is 12.6. The molecule has 2 amide bonds. The molecule has 1 aromatic heterocycles. The fourth-order valence-electron chi connectivity index (χ4n) is 3.59.